The lowest BCUT2D eigenvalue weighted by molar-refractivity contribution is -0.139. The van der Waals surface area contributed by atoms with Gasteiger partial charge in [-0.25, -0.2) is 4.39 Å². The highest BCUT2D eigenvalue weighted by Crippen LogP contribution is 2.39. The minimum Gasteiger partial charge on any atom is -0.338 e. The number of hydrogen-bond acceptors (Lipinski definition) is 2. The van der Waals surface area contributed by atoms with Crippen molar-refractivity contribution in [1.82, 2.24) is 10.2 Å². The molecular weight excluding hydrogens is 360 g/mol. The summed E-state index contributed by atoms with van der Waals surface area (Å²) < 4.78 is 52.4. The molecule has 140 valence electrons. The first-order valence-corrected chi connectivity index (χ1v) is 8.13. The highest BCUT2D eigenvalue weighted by atomic mass is 35.5. The number of benzene rings is 1. The molecule has 1 aromatic rings. The molecule has 0 unspecified atom stereocenters. The maximum Gasteiger partial charge on any atom is 0.416 e. The van der Waals surface area contributed by atoms with Crippen LogP contribution in [0.4, 0.5) is 17.6 Å². The van der Waals surface area contributed by atoms with Crippen molar-refractivity contribution in [2.75, 3.05) is 19.6 Å². The summed E-state index contributed by atoms with van der Waals surface area (Å²) in [5.41, 5.74) is -0.957. The van der Waals surface area contributed by atoms with Crippen LogP contribution in [0.15, 0.2) is 18.2 Å². The van der Waals surface area contributed by atoms with Crippen molar-refractivity contribution < 1.29 is 22.4 Å². The standard InChI is InChI=1S/C17H20F4N2O.ClH/c18-14-2-1-13(17(19,20)21)9-12(14)10-23-11-16(4-3-15(23)24)5-7-22-8-6-16;/h1-2,9,22H,3-8,10-11H2;1H. The number of likely N-dealkylation sites (tertiary alicyclic amines) is 1. The Morgan fingerprint density at radius 2 is 1.84 bits per heavy atom. The predicted octanol–water partition coefficient (Wildman–Crippen LogP) is 3.76. The highest BCUT2D eigenvalue weighted by molar-refractivity contribution is 5.85. The fourth-order valence-corrected chi connectivity index (χ4v) is 3.69. The van der Waals surface area contributed by atoms with Crippen molar-refractivity contribution in [3.05, 3.63) is 35.1 Å². The van der Waals surface area contributed by atoms with Gasteiger partial charge in [0.25, 0.3) is 0 Å². The zero-order valence-electron chi connectivity index (χ0n) is 13.7. The van der Waals surface area contributed by atoms with Crippen molar-refractivity contribution in [1.29, 1.82) is 0 Å². The Hall–Kier alpha value is -1.34. The van der Waals surface area contributed by atoms with E-state index in [0.29, 0.717) is 13.0 Å². The van der Waals surface area contributed by atoms with Crippen LogP contribution < -0.4 is 5.32 Å². The van der Waals surface area contributed by atoms with Crippen molar-refractivity contribution >= 4 is 18.3 Å². The van der Waals surface area contributed by atoms with Crippen LogP contribution in [-0.4, -0.2) is 30.4 Å². The summed E-state index contributed by atoms with van der Waals surface area (Å²) in [5, 5.41) is 3.28. The summed E-state index contributed by atoms with van der Waals surface area (Å²) >= 11 is 0. The molecule has 0 bridgehead atoms. The topological polar surface area (TPSA) is 32.3 Å². The lowest BCUT2D eigenvalue weighted by Gasteiger charge is -2.45. The first-order chi connectivity index (χ1) is 11.3. The second-order valence-electron chi connectivity index (χ2n) is 6.80. The van der Waals surface area contributed by atoms with Gasteiger partial charge >= 0.3 is 6.18 Å². The van der Waals surface area contributed by atoms with Crippen LogP contribution in [0, 0.1) is 11.2 Å². The van der Waals surface area contributed by atoms with E-state index in [1.165, 1.54) is 4.90 Å². The van der Waals surface area contributed by atoms with Gasteiger partial charge in [-0.05, 0) is 56.0 Å². The van der Waals surface area contributed by atoms with Gasteiger partial charge in [-0.1, -0.05) is 0 Å². The van der Waals surface area contributed by atoms with E-state index in [1.54, 1.807) is 0 Å². The quantitative estimate of drug-likeness (QED) is 0.792. The molecule has 1 aromatic carbocycles. The van der Waals surface area contributed by atoms with E-state index < -0.39 is 17.6 Å². The zero-order chi connectivity index (χ0) is 17.4. The third-order valence-corrected chi connectivity index (χ3v) is 5.15. The summed E-state index contributed by atoms with van der Waals surface area (Å²) in [4.78, 5) is 13.7. The molecule has 0 atom stereocenters. The molecule has 2 aliphatic rings. The SMILES string of the molecule is Cl.O=C1CCC2(CCNCC2)CN1Cc1cc(C(F)(F)F)ccc1F. The minimum absolute atomic E-state index is 0. The number of carbonyl (C=O) groups excluding carboxylic acids is 1. The van der Waals surface area contributed by atoms with Crippen molar-refractivity contribution in [3.8, 4) is 0 Å². The fourth-order valence-electron chi connectivity index (χ4n) is 3.69. The molecule has 0 radical (unpaired) electrons. The number of halogens is 5. The molecule has 3 nitrogen and oxygen atoms in total. The van der Waals surface area contributed by atoms with Crippen molar-refractivity contribution in [3.63, 3.8) is 0 Å². The van der Waals surface area contributed by atoms with E-state index in [4.69, 9.17) is 0 Å². The van der Waals surface area contributed by atoms with Gasteiger partial charge in [-0.3, -0.25) is 4.79 Å². The third kappa shape index (κ3) is 4.44. The number of carbonyl (C=O) groups is 1. The molecule has 2 fully saturated rings. The van der Waals surface area contributed by atoms with E-state index in [1.807, 2.05) is 0 Å². The number of piperidine rings is 2. The Morgan fingerprint density at radius 3 is 2.48 bits per heavy atom. The summed E-state index contributed by atoms with van der Waals surface area (Å²) in [6.07, 6.45) is -1.48. The number of nitrogens with zero attached hydrogens (tertiary/aromatic N) is 1. The Morgan fingerprint density at radius 1 is 1.16 bits per heavy atom. The average molecular weight is 381 g/mol. The van der Waals surface area contributed by atoms with E-state index in [-0.39, 0.29) is 35.8 Å². The molecule has 8 heteroatoms. The first-order valence-electron chi connectivity index (χ1n) is 8.13. The fraction of sp³-hybridized carbons (Fsp3) is 0.588. The van der Waals surface area contributed by atoms with E-state index in [9.17, 15) is 22.4 Å². The summed E-state index contributed by atoms with van der Waals surface area (Å²) in [5.74, 6) is -0.822. The van der Waals surface area contributed by atoms with Gasteiger partial charge in [0.05, 0.1) is 5.56 Å². The molecule has 2 saturated heterocycles. The van der Waals surface area contributed by atoms with Crippen LogP contribution in [0.2, 0.25) is 0 Å². The molecule has 1 amide bonds. The minimum atomic E-state index is -4.52. The summed E-state index contributed by atoms with van der Waals surface area (Å²) in [6, 6.07) is 2.37. The van der Waals surface area contributed by atoms with E-state index in [0.717, 1.165) is 50.6 Å². The van der Waals surface area contributed by atoms with Crippen LogP contribution in [0.25, 0.3) is 0 Å². The van der Waals surface area contributed by atoms with Crippen molar-refractivity contribution in [2.45, 2.75) is 38.4 Å². The molecular formula is C17H21ClF4N2O. The lowest BCUT2D eigenvalue weighted by atomic mass is 9.72. The lowest BCUT2D eigenvalue weighted by Crippen LogP contribution is -2.50. The van der Waals surface area contributed by atoms with Crippen LogP contribution >= 0.6 is 12.4 Å². The maximum absolute atomic E-state index is 14.0. The van der Waals surface area contributed by atoms with Gasteiger partial charge in [0.2, 0.25) is 5.91 Å². The van der Waals surface area contributed by atoms with Gasteiger partial charge in [0, 0.05) is 25.1 Å². The Balaban J connectivity index is 0.00000225. The second kappa shape index (κ2) is 7.50. The third-order valence-electron chi connectivity index (χ3n) is 5.15. The van der Waals surface area contributed by atoms with Gasteiger partial charge < -0.3 is 10.2 Å². The van der Waals surface area contributed by atoms with E-state index >= 15 is 0 Å². The molecule has 0 aromatic heterocycles. The number of amides is 1. The maximum atomic E-state index is 14.0. The van der Waals surface area contributed by atoms with Gasteiger partial charge in [0.1, 0.15) is 5.82 Å². The molecule has 0 aliphatic carbocycles. The van der Waals surface area contributed by atoms with Gasteiger partial charge in [-0.15, -0.1) is 12.4 Å². The molecule has 25 heavy (non-hydrogen) atoms. The Kier molecular flexibility index (Phi) is 5.99. The normalized spacial score (nSPS) is 20.5. The van der Waals surface area contributed by atoms with Crippen molar-refractivity contribution in [2.24, 2.45) is 5.41 Å². The highest BCUT2D eigenvalue weighted by Gasteiger charge is 2.39. The average Bonchev–Trinajstić information content (AvgIpc) is 2.53. The monoisotopic (exact) mass is 380 g/mol. The Labute approximate surface area is 150 Å². The van der Waals surface area contributed by atoms with Crippen LogP contribution in [0.5, 0.6) is 0 Å². The largest absolute Gasteiger partial charge is 0.416 e. The zero-order valence-corrected chi connectivity index (χ0v) is 14.5. The second-order valence-corrected chi connectivity index (χ2v) is 6.80. The van der Waals surface area contributed by atoms with Crippen LogP contribution in [-0.2, 0) is 17.5 Å². The smallest absolute Gasteiger partial charge is 0.338 e. The van der Waals surface area contributed by atoms with Gasteiger partial charge in [0.15, 0.2) is 0 Å². The molecule has 1 N–H and O–H groups in total. The predicted molar refractivity (Wildman–Crippen MR) is 87.8 cm³/mol. The Bertz CT molecular complexity index is 630. The molecule has 1 spiro atoms. The number of hydrogen-bond donors (Lipinski definition) is 1. The van der Waals surface area contributed by atoms with E-state index in [2.05, 4.69) is 5.32 Å². The molecule has 3 rings (SSSR count). The first kappa shape index (κ1) is 20.0. The number of rotatable bonds is 2. The molecule has 2 aliphatic heterocycles. The molecule has 0 saturated carbocycles. The number of alkyl halides is 3. The van der Waals surface area contributed by atoms with Crippen LogP contribution in [0.1, 0.15) is 36.8 Å². The van der Waals surface area contributed by atoms with Gasteiger partial charge in [-0.2, -0.15) is 13.2 Å². The number of nitrogens with one attached hydrogen (secondary N) is 1. The van der Waals surface area contributed by atoms with Crippen LogP contribution in [0.3, 0.4) is 0 Å². The molecule has 2 heterocycles. The summed E-state index contributed by atoms with van der Waals surface area (Å²) in [6.45, 7) is 2.13. The summed E-state index contributed by atoms with van der Waals surface area (Å²) in [7, 11) is 0.